The first-order chi connectivity index (χ1) is 13.6. The zero-order valence-electron chi connectivity index (χ0n) is 16.1. The van der Waals surface area contributed by atoms with Gasteiger partial charge in [0.05, 0.1) is 6.10 Å². The highest BCUT2D eigenvalue weighted by Crippen LogP contribution is 2.17. The van der Waals surface area contributed by atoms with Crippen LogP contribution in [-0.4, -0.2) is 28.5 Å². The Bertz CT molecular complexity index is 896. The van der Waals surface area contributed by atoms with Gasteiger partial charge in [-0.25, -0.2) is 9.97 Å². The smallest absolute Gasteiger partial charge is 0.274 e. The third-order valence-electron chi connectivity index (χ3n) is 3.95. The van der Waals surface area contributed by atoms with Crippen molar-refractivity contribution in [1.29, 1.82) is 0 Å². The molecule has 0 spiro atoms. The van der Waals surface area contributed by atoms with E-state index in [9.17, 15) is 4.79 Å². The average molecular weight is 376 g/mol. The molecule has 0 radical (unpaired) electrons. The molecular weight excluding hydrogens is 352 g/mol. The number of anilines is 2. The van der Waals surface area contributed by atoms with Gasteiger partial charge in [-0.1, -0.05) is 30.3 Å². The van der Waals surface area contributed by atoms with E-state index in [1.54, 1.807) is 18.2 Å². The van der Waals surface area contributed by atoms with Gasteiger partial charge < -0.3 is 15.4 Å². The van der Waals surface area contributed by atoms with E-state index in [4.69, 9.17) is 4.74 Å². The maximum Gasteiger partial charge on any atom is 0.274 e. The highest BCUT2D eigenvalue weighted by atomic mass is 16.5. The number of rotatable bonds is 8. The molecule has 2 N–H and O–H groups in total. The summed E-state index contributed by atoms with van der Waals surface area (Å²) in [5, 5.41) is 6.07. The molecule has 2 aromatic carbocycles. The van der Waals surface area contributed by atoms with Crippen molar-refractivity contribution in [2.45, 2.75) is 26.4 Å². The highest BCUT2D eigenvalue weighted by molar-refractivity contribution is 6.03. The fraction of sp³-hybridized carbons (Fsp3) is 0.227. The molecule has 0 aliphatic carbocycles. The van der Waals surface area contributed by atoms with Gasteiger partial charge in [-0.05, 0) is 50.1 Å². The molecule has 3 rings (SSSR count). The molecule has 0 unspecified atom stereocenters. The van der Waals surface area contributed by atoms with Crippen molar-refractivity contribution in [3.05, 3.63) is 78.2 Å². The van der Waals surface area contributed by atoms with Gasteiger partial charge >= 0.3 is 0 Å². The van der Waals surface area contributed by atoms with E-state index < -0.39 is 0 Å². The Morgan fingerprint density at radius 1 is 1.04 bits per heavy atom. The van der Waals surface area contributed by atoms with Crippen molar-refractivity contribution >= 4 is 17.4 Å². The van der Waals surface area contributed by atoms with E-state index in [1.807, 2.05) is 44.2 Å². The van der Waals surface area contributed by atoms with E-state index >= 15 is 0 Å². The zero-order chi connectivity index (χ0) is 19.8. The number of aromatic nitrogens is 2. The molecular formula is C22H24N4O2. The summed E-state index contributed by atoms with van der Waals surface area (Å²) in [6, 6.07) is 19.1. The normalized spacial score (nSPS) is 10.5. The molecule has 0 aliphatic heterocycles. The maximum atomic E-state index is 12.5. The van der Waals surface area contributed by atoms with E-state index in [2.05, 4.69) is 32.7 Å². The van der Waals surface area contributed by atoms with Crippen LogP contribution < -0.4 is 15.4 Å². The lowest BCUT2D eigenvalue weighted by molar-refractivity contribution is 0.102. The lowest BCUT2D eigenvalue weighted by atomic mass is 10.1. The largest absolute Gasteiger partial charge is 0.491 e. The first kappa shape index (κ1) is 19.4. The number of amides is 1. The van der Waals surface area contributed by atoms with E-state index in [-0.39, 0.29) is 12.0 Å². The van der Waals surface area contributed by atoms with Crippen LogP contribution in [0.4, 0.5) is 11.5 Å². The first-order valence-electron chi connectivity index (χ1n) is 9.28. The predicted octanol–water partition coefficient (Wildman–Crippen LogP) is 4.17. The van der Waals surface area contributed by atoms with Crippen LogP contribution in [-0.2, 0) is 6.42 Å². The fourth-order valence-electron chi connectivity index (χ4n) is 2.64. The summed E-state index contributed by atoms with van der Waals surface area (Å²) in [4.78, 5) is 20.7. The highest BCUT2D eigenvalue weighted by Gasteiger charge is 2.09. The number of nitrogens with zero attached hydrogens (tertiary/aromatic N) is 2. The Kier molecular flexibility index (Phi) is 6.57. The SMILES string of the molecule is CC(C)Oc1ccc(NC(=O)c2cc(NCCc3ccccc3)ncn2)cc1. The van der Waals surface area contributed by atoms with E-state index in [1.165, 1.54) is 11.9 Å². The van der Waals surface area contributed by atoms with Crippen LogP contribution in [0.5, 0.6) is 5.75 Å². The molecule has 0 saturated carbocycles. The monoisotopic (exact) mass is 376 g/mol. The van der Waals surface area contributed by atoms with Gasteiger partial charge in [-0.3, -0.25) is 4.79 Å². The van der Waals surface area contributed by atoms with Crippen LogP contribution in [0.1, 0.15) is 29.9 Å². The molecule has 6 nitrogen and oxygen atoms in total. The molecule has 28 heavy (non-hydrogen) atoms. The number of benzene rings is 2. The van der Waals surface area contributed by atoms with Gasteiger partial charge in [-0.15, -0.1) is 0 Å². The number of hydrogen-bond donors (Lipinski definition) is 2. The summed E-state index contributed by atoms with van der Waals surface area (Å²) in [6.07, 6.45) is 2.37. The van der Waals surface area contributed by atoms with E-state index in [0.717, 1.165) is 18.7 Å². The molecule has 0 saturated heterocycles. The van der Waals surface area contributed by atoms with Crippen molar-refractivity contribution in [1.82, 2.24) is 9.97 Å². The van der Waals surface area contributed by atoms with Crippen molar-refractivity contribution in [3.8, 4) is 5.75 Å². The van der Waals surface area contributed by atoms with Crippen molar-refractivity contribution < 1.29 is 9.53 Å². The maximum absolute atomic E-state index is 12.5. The quantitative estimate of drug-likeness (QED) is 0.617. The second-order valence-electron chi connectivity index (χ2n) is 6.60. The minimum absolute atomic E-state index is 0.106. The summed E-state index contributed by atoms with van der Waals surface area (Å²) in [6.45, 7) is 4.66. The van der Waals surface area contributed by atoms with Crippen LogP contribution in [0.15, 0.2) is 67.0 Å². The summed E-state index contributed by atoms with van der Waals surface area (Å²) in [5.74, 6) is 1.10. The molecule has 1 aromatic heterocycles. The number of nitrogens with one attached hydrogen (secondary N) is 2. The van der Waals surface area contributed by atoms with Gasteiger partial charge in [0.25, 0.3) is 5.91 Å². The predicted molar refractivity (Wildman–Crippen MR) is 111 cm³/mol. The fourth-order valence-corrected chi connectivity index (χ4v) is 2.64. The van der Waals surface area contributed by atoms with Crippen LogP contribution in [0, 0.1) is 0 Å². The molecule has 6 heteroatoms. The van der Waals surface area contributed by atoms with Crippen LogP contribution in [0.25, 0.3) is 0 Å². The Hall–Kier alpha value is -3.41. The van der Waals surface area contributed by atoms with Crippen LogP contribution in [0.3, 0.4) is 0 Å². The van der Waals surface area contributed by atoms with Crippen LogP contribution >= 0.6 is 0 Å². The summed E-state index contributed by atoms with van der Waals surface area (Å²) >= 11 is 0. The molecule has 1 heterocycles. The van der Waals surface area contributed by atoms with Gasteiger partial charge in [0.1, 0.15) is 23.6 Å². The Labute approximate surface area is 165 Å². The first-order valence-corrected chi connectivity index (χ1v) is 9.28. The Morgan fingerprint density at radius 2 is 1.79 bits per heavy atom. The van der Waals surface area contributed by atoms with Gasteiger partial charge in [-0.2, -0.15) is 0 Å². The van der Waals surface area contributed by atoms with Crippen molar-refractivity contribution in [3.63, 3.8) is 0 Å². The molecule has 0 aliphatic rings. The second-order valence-corrected chi connectivity index (χ2v) is 6.60. The minimum Gasteiger partial charge on any atom is -0.491 e. The molecule has 0 fully saturated rings. The van der Waals surface area contributed by atoms with Gasteiger partial charge in [0.2, 0.25) is 0 Å². The summed E-state index contributed by atoms with van der Waals surface area (Å²) < 4.78 is 5.60. The number of hydrogen-bond acceptors (Lipinski definition) is 5. The standard InChI is InChI=1S/C22H24N4O2/c1-16(2)28-19-10-8-18(9-11-19)26-22(27)20-14-21(25-15-24-20)23-13-12-17-6-4-3-5-7-17/h3-11,14-16H,12-13H2,1-2H3,(H,26,27)(H,23,24,25). The summed E-state index contributed by atoms with van der Waals surface area (Å²) in [7, 11) is 0. The van der Waals surface area contributed by atoms with Crippen molar-refractivity contribution in [2.75, 3.05) is 17.2 Å². The number of carbonyl (C=O) groups is 1. The molecule has 3 aromatic rings. The third-order valence-corrected chi connectivity index (χ3v) is 3.95. The average Bonchev–Trinajstić information content (AvgIpc) is 2.70. The Balaban J connectivity index is 1.56. The van der Waals surface area contributed by atoms with Crippen LogP contribution in [0.2, 0.25) is 0 Å². The van der Waals surface area contributed by atoms with Crippen molar-refractivity contribution in [2.24, 2.45) is 0 Å². The van der Waals surface area contributed by atoms with Gasteiger partial charge in [0, 0.05) is 18.3 Å². The summed E-state index contributed by atoms with van der Waals surface area (Å²) in [5.41, 5.74) is 2.23. The third kappa shape index (κ3) is 5.81. The topological polar surface area (TPSA) is 76.1 Å². The Morgan fingerprint density at radius 3 is 2.50 bits per heavy atom. The van der Waals surface area contributed by atoms with E-state index in [0.29, 0.717) is 17.2 Å². The molecule has 0 atom stereocenters. The zero-order valence-corrected chi connectivity index (χ0v) is 16.1. The molecule has 1 amide bonds. The minimum atomic E-state index is -0.286. The number of carbonyl (C=O) groups excluding carboxylic acids is 1. The van der Waals surface area contributed by atoms with Gasteiger partial charge in [0.15, 0.2) is 0 Å². The lowest BCUT2D eigenvalue weighted by Gasteiger charge is -2.11. The lowest BCUT2D eigenvalue weighted by Crippen LogP contribution is -2.15. The molecule has 0 bridgehead atoms. The molecule has 144 valence electrons. The second kappa shape index (κ2) is 9.50. The number of ether oxygens (including phenoxy) is 1.